The van der Waals surface area contributed by atoms with Crippen molar-refractivity contribution in [1.29, 1.82) is 0 Å². The highest BCUT2D eigenvalue weighted by molar-refractivity contribution is 9.10. The quantitative estimate of drug-likeness (QED) is 0.430. The van der Waals surface area contributed by atoms with Crippen LogP contribution in [0, 0.1) is 0 Å². The van der Waals surface area contributed by atoms with Crippen molar-refractivity contribution in [3.05, 3.63) is 82.8 Å². The number of thioether (sulfide) groups is 1. The lowest BCUT2D eigenvalue weighted by molar-refractivity contribution is 0.410. The first kappa shape index (κ1) is 21.2. The molecular formula is C22H20BrNO4S2. The van der Waals surface area contributed by atoms with Crippen LogP contribution in [0.1, 0.15) is 10.9 Å². The Hall–Kier alpha value is -2.00. The summed E-state index contributed by atoms with van der Waals surface area (Å²) >= 11 is 5.10. The fraction of sp³-hybridized carbons (Fsp3) is 0.182. The van der Waals surface area contributed by atoms with Gasteiger partial charge in [-0.25, -0.2) is 8.42 Å². The van der Waals surface area contributed by atoms with Gasteiger partial charge in [-0.1, -0.05) is 24.3 Å². The van der Waals surface area contributed by atoms with Crippen LogP contribution in [0.5, 0.6) is 17.2 Å². The van der Waals surface area contributed by atoms with Crippen LogP contribution in [-0.4, -0.2) is 32.1 Å². The van der Waals surface area contributed by atoms with Crippen molar-refractivity contribution in [2.45, 2.75) is 10.3 Å². The van der Waals surface area contributed by atoms with Crippen LogP contribution in [0.3, 0.4) is 0 Å². The molecule has 156 valence electrons. The van der Waals surface area contributed by atoms with Crippen LogP contribution >= 0.6 is 27.7 Å². The number of para-hydroxylation sites is 1. The van der Waals surface area contributed by atoms with Gasteiger partial charge in [0.1, 0.15) is 17.2 Å². The maximum absolute atomic E-state index is 13.3. The average Bonchev–Trinajstić information content (AvgIpc) is 3.26. The summed E-state index contributed by atoms with van der Waals surface area (Å²) in [7, 11) is -2.04. The molecule has 1 aliphatic rings. The molecule has 0 saturated carbocycles. The van der Waals surface area contributed by atoms with Gasteiger partial charge in [0.2, 0.25) is 10.0 Å². The van der Waals surface area contributed by atoms with Crippen LogP contribution in [0.4, 0.5) is 0 Å². The highest BCUT2D eigenvalue weighted by atomic mass is 79.9. The topological polar surface area (TPSA) is 55.8 Å². The third kappa shape index (κ3) is 4.37. The first-order chi connectivity index (χ1) is 14.5. The Labute approximate surface area is 189 Å². The van der Waals surface area contributed by atoms with E-state index in [1.807, 2.05) is 48.5 Å². The molecule has 0 aromatic heterocycles. The molecule has 1 heterocycles. The number of rotatable bonds is 6. The van der Waals surface area contributed by atoms with Crippen LogP contribution < -0.4 is 9.47 Å². The van der Waals surface area contributed by atoms with Gasteiger partial charge in [0.25, 0.3) is 0 Å². The van der Waals surface area contributed by atoms with Crippen LogP contribution in [0.25, 0.3) is 0 Å². The van der Waals surface area contributed by atoms with Crippen LogP contribution in [0.15, 0.2) is 82.2 Å². The van der Waals surface area contributed by atoms with Gasteiger partial charge < -0.3 is 9.47 Å². The van der Waals surface area contributed by atoms with E-state index in [0.717, 1.165) is 15.8 Å². The molecule has 3 aromatic rings. The number of hydrogen-bond acceptors (Lipinski definition) is 5. The Bertz CT molecular complexity index is 1120. The van der Waals surface area contributed by atoms with Gasteiger partial charge >= 0.3 is 0 Å². The van der Waals surface area contributed by atoms with Gasteiger partial charge in [0.05, 0.1) is 21.9 Å². The minimum absolute atomic E-state index is 0.253. The summed E-state index contributed by atoms with van der Waals surface area (Å²) in [6, 6.07) is 21.6. The number of methoxy groups -OCH3 is 1. The minimum atomic E-state index is -3.64. The Morgan fingerprint density at radius 2 is 1.70 bits per heavy atom. The summed E-state index contributed by atoms with van der Waals surface area (Å²) < 4.78 is 40.1. The highest BCUT2D eigenvalue weighted by Gasteiger charge is 2.37. The maximum atomic E-state index is 13.3. The zero-order valence-electron chi connectivity index (χ0n) is 16.2. The van der Waals surface area contributed by atoms with Gasteiger partial charge in [0, 0.05) is 12.3 Å². The molecule has 8 heteroatoms. The van der Waals surface area contributed by atoms with E-state index < -0.39 is 10.0 Å². The molecule has 0 bridgehead atoms. The monoisotopic (exact) mass is 505 g/mol. The van der Waals surface area contributed by atoms with E-state index in [1.165, 1.54) is 0 Å². The predicted molar refractivity (Wildman–Crippen MR) is 123 cm³/mol. The fourth-order valence-corrected chi connectivity index (χ4v) is 7.03. The Balaban J connectivity index is 1.57. The standard InChI is InChI=1S/C22H20BrNO4S2/c1-27-21-12-7-16(15-20(21)23)22-24(13-14-29-22)30(25,26)19-10-8-18(9-11-19)28-17-5-3-2-4-6-17/h2-12,15,22H,13-14H2,1H3. The zero-order valence-corrected chi connectivity index (χ0v) is 19.4. The number of halogens is 1. The minimum Gasteiger partial charge on any atom is -0.496 e. The van der Waals surface area contributed by atoms with Crippen molar-refractivity contribution < 1.29 is 17.9 Å². The summed E-state index contributed by atoms with van der Waals surface area (Å²) in [5, 5.41) is -0.280. The van der Waals surface area contributed by atoms with Gasteiger partial charge in [-0.3, -0.25) is 0 Å². The van der Waals surface area contributed by atoms with Gasteiger partial charge in [0.15, 0.2) is 0 Å². The third-order valence-electron chi connectivity index (χ3n) is 4.72. The lowest BCUT2D eigenvalue weighted by atomic mass is 10.2. The number of nitrogens with zero attached hydrogens (tertiary/aromatic N) is 1. The summed E-state index contributed by atoms with van der Waals surface area (Å²) in [6.07, 6.45) is 0. The normalized spacial score (nSPS) is 17.1. The van der Waals surface area contributed by atoms with Gasteiger partial charge in [-0.15, -0.1) is 11.8 Å². The second-order valence-electron chi connectivity index (χ2n) is 6.62. The largest absolute Gasteiger partial charge is 0.496 e. The van der Waals surface area contributed by atoms with E-state index in [1.54, 1.807) is 47.4 Å². The highest BCUT2D eigenvalue weighted by Crippen LogP contribution is 2.43. The molecular weight excluding hydrogens is 486 g/mol. The molecule has 0 N–H and O–H groups in total. The molecule has 5 nitrogen and oxygen atoms in total. The molecule has 3 aromatic carbocycles. The molecule has 1 fully saturated rings. The molecule has 1 atom stereocenters. The van der Waals surface area contributed by atoms with E-state index in [9.17, 15) is 8.42 Å². The molecule has 1 unspecified atom stereocenters. The van der Waals surface area contributed by atoms with Crippen molar-refractivity contribution in [3.63, 3.8) is 0 Å². The predicted octanol–water partition coefficient (Wildman–Crippen LogP) is 5.69. The Morgan fingerprint density at radius 1 is 1.00 bits per heavy atom. The van der Waals surface area contributed by atoms with Gasteiger partial charge in [-0.05, 0) is 70.0 Å². The summed E-state index contributed by atoms with van der Waals surface area (Å²) in [6.45, 7) is 0.462. The fourth-order valence-electron chi connectivity index (χ4n) is 3.24. The third-order valence-corrected chi connectivity index (χ3v) is 8.61. The molecule has 0 radical (unpaired) electrons. The number of sulfonamides is 1. The second-order valence-corrected chi connectivity index (χ2v) is 10.6. The van der Waals surface area contributed by atoms with Crippen molar-refractivity contribution >= 4 is 37.7 Å². The van der Waals surface area contributed by atoms with Crippen molar-refractivity contribution in [3.8, 4) is 17.2 Å². The number of benzene rings is 3. The molecule has 0 aliphatic carbocycles. The maximum Gasteiger partial charge on any atom is 0.244 e. The molecule has 1 aliphatic heterocycles. The summed E-state index contributed by atoms with van der Waals surface area (Å²) in [5.41, 5.74) is 0.915. The number of ether oxygens (including phenoxy) is 2. The van der Waals surface area contributed by atoms with Gasteiger partial charge in [-0.2, -0.15) is 4.31 Å². The first-order valence-corrected chi connectivity index (χ1v) is 12.6. The zero-order chi connectivity index (χ0) is 21.1. The Kier molecular flexibility index (Phi) is 6.38. The van der Waals surface area contributed by atoms with Crippen LogP contribution in [0.2, 0.25) is 0 Å². The second kappa shape index (κ2) is 9.01. The summed E-state index contributed by atoms with van der Waals surface area (Å²) in [5.74, 6) is 2.74. The SMILES string of the molecule is COc1ccc(C2SCCN2S(=O)(=O)c2ccc(Oc3ccccc3)cc2)cc1Br. The van der Waals surface area contributed by atoms with Crippen molar-refractivity contribution in [1.82, 2.24) is 4.31 Å². The van der Waals surface area contributed by atoms with E-state index in [0.29, 0.717) is 23.8 Å². The van der Waals surface area contributed by atoms with E-state index >= 15 is 0 Å². The molecule has 0 amide bonds. The van der Waals surface area contributed by atoms with Crippen molar-refractivity contribution in [2.75, 3.05) is 19.4 Å². The van der Waals surface area contributed by atoms with Crippen LogP contribution in [-0.2, 0) is 10.0 Å². The van der Waals surface area contributed by atoms with Crippen molar-refractivity contribution in [2.24, 2.45) is 0 Å². The van der Waals surface area contributed by atoms with E-state index in [2.05, 4.69) is 15.9 Å². The smallest absolute Gasteiger partial charge is 0.244 e. The molecule has 1 saturated heterocycles. The molecule has 0 spiro atoms. The lowest BCUT2D eigenvalue weighted by Gasteiger charge is -2.24. The average molecular weight is 506 g/mol. The molecule has 30 heavy (non-hydrogen) atoms. The lowest BCUT2D eigenvalue weighted by Crippen LogP contribution is -2.30. The first-order valence-electron chi connectivity index (χ1n) is 9.29. The van der Waals surface area contributed by atoms with E-state index in [-0.39, 0.29) is 10.3 Å². The molecule has 4 rings (SSSR count). The number of hydrogen-bond donors (Lipinski definition) is 0. The Morgan fingerprint density at radius 3 is 2.37 bits per heavy atom. The summed E-state index contributed by atoms with van der Waals surface area (Å²) in [4.78, 5) is 0.253. The van der Waals surface area contributed by atoms with E-state index in [4.69, 9.17) is 9.47 Å².